The van der Waals surface area contributed by atoms with Crippen LogP contribution in [0.4, 0.5) is 5.69 Å². The molecule has 0 aliphatic carbocycles. The van der Waals surface area contributed by atoms with Crippen molar-refractivity contribution in [3.8, 4) is 0 Å². The second-order valence-electron chi connectivity index (χ2n) is 10.2. The Balaban J connectivity index is 1.84. The molecule has 0 aliphatic rings. The average Bonchev–Trinajstić information content (AvgIpc) is 3.01. The number of halogens is 4. The third-order valence-electron chi connectivity index (χ3n) is 7.09. The zero-order valence-electron chi connectivity index (χ0n) is 24.5. The first-order valence-corrected chi connectivity index (χ1v) is 17.0. The fourth-order valence-corrected chi connectivity index (χ4v) is 6.92. The monoisotopic (exact) mass is 705 g/mol. The quantitative estimate of drug-likeness (QED) is 0.165. The van der Waals surface area contributed by atoms with Gasteiger partial charge in [-0.25, -0.2) is 8.42 Å². The van der Waals surface area contributed by atoms with E-state index in [-0.39, 0.29) is 33.6 Å². The first-order valence-electron chi connectivity index (χ1n) is 14.0. The van der Waals surface area contributed by atoms with E-state index in [2.05, 4.69) is 5.32 Å². The number of benzene rings is 4. The number of likely N-dealkylation sites (N-methyl/N-ethyl adjacent to an activating group) is 1. The molecule has 0 fully saturated rings. The Morgan fingerprint density at radius 1 is 0.800 bits per heavy atom. The molecule has 4 aromatic rings. The van der Waals surface area contributed by atoms with Crippen molar-refractivity contribution < 1.29 is 18.0 Å². The summed E-state index contributed by atoms with van der Waals surface area (Å²) < 4.78 is 29.2. The van der Waals surface area contributed by atoms with Gasteiger partial charge < -0.3 is 10.2 Å². The average molecular weight is 708 g/mol. The third-order valence-corrected chi connectivity index (χ3v) is 10.3. The molecule has 4 aromatic carbocycles. The molecule has 1 atom stereocenters. The number of nitrogens with zero attached hydrogens (tertiary/aromatic N) is 2. The van der Waals surface area contributed by atoms with E-state index in [1.54, 1.807) is 37.3 Å². The summed E-state index contributed by atoms with van der Waals surface area (Å²) in [6, 6.07) is 23.7. The minimum atomic E-state index is -4.30. The van der Waals surface area contributed by atoms with Crippen molar-refractivity contribution in [1.82, 2.24) is 10.2 Å². The molecule has 4 rings (SSSR count). The molecule has 2 amide bonds. The standard InChI is InChI=1S/C33H31Cl4N3O4S/c1-3-38-33(42)31(18-23-8-5-4-6-9-23)39(20-26-27(34)10-7-11-28(26)35)32(41)21-40(24-14-17-29(36)30(37)19-24)45(43,44)25-15-12-22(2)13-16-25/h4-17,19,31H,3,18,20-21H2,1-2H3,(H,38,42)/t31-/m0/s1. The molecule has 7 nitrogen and oxygen atoms in total. The van der Waals surface area contributed by atoms with Crippen LogP contribution < -0.4 is 9.62 Å². The number of sulfonamides is 1. The van der Waals surface area contributed by atoms with Crippen molar-refractivity contribution in [2.24, 2.45) is 0 Å². The van der Waals surface area contributed by atoms with Gasteiger partial charge in [0.15, 0.2) is 0 Å². The highest BCUT2D eigenvalue weighted by molar-refractivity contribution is 7.92. The summed E-state index contributed by atoms with van der Waals surface area (Å²) in [4.78, 5) is 29.4. The van der Waals surface area contributed by atoms with Gasteiger partial charge in [0.2, 0.25) is 11.8 Å². The number of anilines is 1. The van der Waals surface area contributed by atoms with Crippen LogP contribution in [-0.4, -0.2) is 44.3 Å². The molecule has 1 N–H and O–H groups in total. The van der Waals surface area contributed by atoms with Crippen LogP contribution in [0, 0.1) is 6.92 Å². The number of carbonyl (C=O) groups is 2. The molecule has 12 heteroatoms. The van der Waals surface area contributed by atoms with Crippen molar-refractivity contribution in [1.29, 1.82) is 0 Å². The van der Waals surface area contributed by atoms with Gasteiger partial charge in [-0.15, -0.1) is 0 Å². The Morgan fingerprint density at radius 3 is 2.04 bits per heavy atom. The number of nitrogens with one attached hydrogen (secondary N) is 1. The maximum atomic E-state index is 14.5. The Hall–Kier alpha value is -3.27. The summed E-state index contributed by atoms with van der Waals surface area (Å²) in [7, 11) is -4.30. The van der Waals surface area contributed by atoms with Crippen molar-refractivity contribution in [2.45, 2.75) is 37.8 Å². The SMILES string of the molecule is CCNC(=O)[C@H](Cc1ccccc1)N(Cc1c(Cl)cccc1Cl)C(=O)CN(c1ccc(Cl)c(Cl)c1)S(=O)(=O)c1ccc(C)cc1. The van der Waals surface area contributed by atoms with Crippen LogP contribution >= 0.6 is 46.4 Å². The molecule has 0 aliphatic heterocycles. The fraction of sp³-hybridized carbons (Fsp3) is 0.212. The lowest BCUT2D eigenvalue weighted by Crippen LogP contribution is -2.53. The van der Waals surface area contributed by atoms with Crippen LogP contribution in [0.5, 0.6) is 0 Å². The lowest BCUT2D eigenvalue weighted by Gasteiger charge is -2.34. The van der Waals surface area contributed by atoms with Gasteiger partial charge in [-0.05, 0) is 61.9 Å². The zero-order chi connectivity index (χ0) is 32.7. The number of carbonyl (C=O) groups excluding carboxylic acids is 2. The number of hydrogen-bond donors (Lipinski definition) is 1. The summed E-state index contributed by atoms with van der Waals surface area (Å²) in [5.74, 6) is -1.08. The van der Waals surface area contributed by atoms with E-state index in [0.717, 1.165) is 15.4 Å². The lowest BCUT2D eigenvalue weighted by molar-refractivity contribution is -0.140. The Kier molecular flexibility index (Phi) is 11.8. The molecule has 45 heavy (non-hydrogen) atoms. The van der Waals surface area contributed by atoms with Crippen LogP contribution in [0.15, 0.2) is 95.9 Å². The second kappa shape index (κ2) is 15.3. The number of amides is 2. The van der Waals surface area contributed by atoms with Gasteiger partial charge in [-0.3, -0.25) is 13.9 Å². The van der Waals surface area contributed by atoms with Gasteiger partial charge in [-0.1, -0.05) is 100 Å². The van der Waals surface area contributed by atoms with Crippen LogP contribution in [0.2, 0.25) is 20.1 Å². The predicted octanol–water partition coefficient (Wildman–Crippen LogP) is 7.58. The first kappa shape index (κ1) is 34.6. The van der Waals surface area contributed by atoms with E-state index >= 15 is 0 Å². The highest BCUT2D eigenvalue weighted by Crippen LogP contribution is 2.32. The number of rotatable bonds is 12. The molecule has 0 bridgehead atoms. The second-order valence-corrected chi connectivity index (χ2v) is 13.7. The van der Waals surface area contributed by atoms with E-state index < -0.39 is 34.4 Å². The van der Waals surface area contributed by atoms with Gasteiger partial charge in [0, 0.05) is 35.1 Å². The molecule has 236 valence electrons. The lowest BCUT2D eigenvalue weighted by atomic mass is 10.0. The topological polar surface area (TPSA) is 86.8 Å². The minimum absolute atomic E-state index is 0.0303. The summed E-state index contributed by atoms with van der Waals surface area (Å²) in [5.41, 5.74) is 2.19. The van der Waals surface area contributed by atoms with E-state index in [4.69, 9.17) is 46.4 Å². The Morgan fingerprint density at radius 2 is 1.44 bits per heavy atom. The van der Waals surface area contributed by atoms with Gasteiger partial charge >= 0.3 is 0 Å². The highest BCUT2D eigenvalue weighted by Gasteiger charge is 2.35. The fourth-order valence-electron chi connectivity index (χ4n) is 4.71. The van der Waals surface area contributed by atoms with Crippen LogP contribution in [0.1, 0.15) is 23.6 Å². The maximum Gasteiger partial charge on any atom is 0.264 e. The molecule has 0 unspecified atom stereocenters. The van der Waals surface area contributed by atoms with E-state index in [1.165, 1.54) is 35.2 Å². The molecule has 0 heterocycles. The summed E-state index contributed by atoms with van der Waals surface area (Å²) in [6.45, 7) is 3.10. The predicted molar refractivity (Wildman–Crippen MR) is 182 cm³/mol. The molecular weight excluding hydrogens is 676 g/mol. The van der Waals surface area contributed by atoms with Gasteiger partial charge in [0.1, 0.15) is 12.6 Å². The van der Waals surface area contributed by atoms with Crippen molar-refractivity contribution in [3.63, 3.8) is 0 Å². The molecular formula is C33H31Cl4N3O4S. The maximum absolute atomic E-state index is 14.5. The smallest absolute Gasteiger partial charge is 0.264 e. The minimum Gasteiger partial charge on any atom is -0.355 e. The van der Waals surface area contributed by atoms with Crippen LogP contribution in [-0.2, 0) is 32.6 Å². The van der Waals surface area contributed by atoms with Crippen molar-refractivity contribution >= 4 is 73.9 Å². The van der Waals surface area contributed by atoms with Crippen LogP contribution in [0.3, 0.4) is 0 Å². The number of hydrogen-bond acceptors (Lipinski definition) is 4. The molecule has 0 spiro atoms. The molecule has 0 saturated carbocycles. The van der Waals surface area contributed by atoms with Crippen molar-refractivity contribution in [2.75, 3.05) is 17.4 Å². The van der Waals surface area contributed by atoms with E-state index in [9.17, 15) is 18.0 Å². The Labute approximate surface area is 283 Å². The normalized spacial score (nSPS) is 12.0. The van der Waals surface area contributed by atoms with Gasteiger partial charge in [-0.2, -0.15) is 0 Å². The van der Waals surface area contributed by atoms with Gasteiger partial charge in [0.05, 0.1) is 20.6 Å². The summed E-state index contributed by atoms with van der Waals surface area (Å²) in [5, 5.41) is 3.73. The molecule has 0 saturated heterocycles. The number of aryl methyl sites for hydroxylation is 1. The summed E-state index contributed by atoms with van der Waals surface area (Å²) >= 11 is 25.5. The van der Waals surface area contributed by atoms with Crippen molar-refractivity contribution in [3.05, 3.63) is 128 Å². The largest absolute Gasteiger partial charge is 0.355 e. The van der Waals surface area contributed by atoms with Gasteiger partial charge in [0.25, 0.3) is 10.0 Å². The molecule has 0 radical (unpaired) electrons. The highest BCUT2D eigenvalue weighted by atomic mass is 35.5. The third kappa shape index (κ3) is 8.51. The first-order chi connectivity index (χ1) is 21.4. The zero-order valence-corrected chi connectivity index (χ0v) is 28.4. The summed E-state index contributed by atoms with van der Waals surface area (Å²) in [6.07, 6.45) is 0.151. The Bertz CT molecular complexity index is 1750. The van der Waals surface area contributed by atoms with Crippen LogP contribution in [0.25, 0.3) is 0 Å². The van der Waals surface area contributed by atoms with E-state index in [0.29, 0.717) is 22.2 Å². The van der Waals surface area contributed by atoms with E-state index in [1.807, 2.05) is 37.3 Å². The molecule has 0 aromatic heterocycles.